The Kier molecular flexibility index (Phi) is 6.43. The molecular formula is C23H35N3O2. The van der Waals surface area contributed by atoms with E-state index >= 15 is 0 Å². The fraction of sp³-hybridized carbons (Fsp3) is 0.652. The molecule has 1 saturated carbocycles. The van der Waals surface area contributed by atoms with Crippen LogP contribution in [0.3, 0.4) is 0 Å². The molecule has 1 heterocycles. The summed E-state index contributed by atoms with van der Waals surface area (Å²) in [5.41, 5.74) is 1.45. The second-order valence-electron chi connectivity index (χ2n) is 8.92. The molecule has 1 N–H and O–H groups in total. The number of nitrogens with zero attached hydrogens (tertiary/aromatic N) is 2. The zero-order chi connectivity index (χ0) is 20.2. The molecule has 2 amide bonds. The van der Waals surface area contributed by atoms with Gasteiger partial charge in [-0.05, 0) is 57.2 Å². The standard InChI is InChI=1S/C23H35N3O2/c1-4-5-15-24-20(27)17-26-18-22(16-21(26)28)11-13-23(14-12-22,25(2)3)19-9-7-6-8-10-19/h6-10H,4-5,11-18H2,1-3H3,(H,24,27)/t22-,23-. The summed E-state index contributed by atoms with van der Waals surface area (Å²) in [5.74, 6) is 0.115. The van der Waals surface area contributed by atoms with E-state index < -0.39 is 0 Å². The number of likely N-dealkylation sites (tertiary alicyclic amines) is 1. The van der Waals surface area contributed by atoms with Crippen molar-refractivity contribution in [3.63, 3.8) is 0 Å². The smallest absolute Gasteiger partial charge is 0.239 e. The highest BCUT2D eigenvalue weighted by molar-refractivity contribution is 5.86. The Labute approximate surface area is 169 Å². The molecule has 1 spiro atoms. The molecule has 5 heteroatoms. The lowest BCUT2D eigenvalue weighted by Crippen LogP contribution is -2.47. The molecule has 0 radical (unpaired) electrons. The highest BCUT2D eigenvalue weighted by atomic mass is 16.2. The summed E-state index contributed by atoms with van der Waals surface area (Å²) in [7, 11) is 4.33. The SMILES string of the molecule is CCCCNC(=O)CN1C[C@]2(CC[C@](c3ccccc3)(N(C)C)CC2)CC1=O. The third-order valence-electron chi connectivity index (χ3n) is 6.90. The van der Waals surface area contributed by atoms with Crippen LogP contribution < -0.4 is 5.32 Å². The number of benzene rings is 1. The summed E-state index contributed by atoms with van der Waals surface area (Å²) in [6, 6.07) is 10.7. The minimum absolute atomic E-state index is 0.0263. The third-order valence-corrected chi connectivity index (χ3v) is 6.90. The Bertz CT molecular complexity index is 678. The van der Waals surface area contributed by atoms with Gasteiger partial charge in [0.05, 0.1) is 6.54 Å². The quantitative estimate of drug-likeness (QED) is 0.734. The van der Waals surface area contributed by atoms with Crippen LogP contribution >= 0.6 is 0 Å². The predicted octanol–water partition coefficient (Wildman–Crippen LogP) is 3.15. The Hall–Kier alpha value is -1.88. The van der Waals surface area contributed by atoms with Crippen LogP contribution in [0.2, 0.25) is 0 Å². The van der Waals surface area contributed by atoms with Crippen molar-refractivity contribution in [3.05, 3.63) is 35.9 Å². The maximum atomic E-state index is 12.6. The molecule has 154 valence electrons. The van der Waals surface area contributed by atoms with Gasteiger partial charge in [-0.25, -0.2) is 0 Å². The van der Waals surface area contributed by atoms with Gasteiger partial charge >= 0.3 is 0 Å². The van der Waals surface area contributed by atoms with Gasteiger partial charge in [0.15, 0.2) is 0 Å². The van der Waals surface area contributed by atoms with Gasteiger partial charge < -0.3 is 10.2 Å². The molecule has 0 unspecified atom stereocenters. The van der Waals surface area contributed by atoms with Crippen LogP contribution in [0.1, 0.15) is 57.4 Å². The van der Waals surface area contributed by atoms with E-state index in [9.17, 15) is 9.59 Å². The lowest BCUT2D eigenvalue weighted by molar-refractivity contribution is -0.133. The molecule has 28 heavy (non-hydrogen) atoms. The molecule has 1 saturated heterocycles. The second kappa shape index (κ2) is 8.64. The Morgan fingerprint density at radius 3 is 2.43 bits per heavy atom. The fourth-order valence-corrected chi connectivity index (χ4v) is 5.03. The number of rotatable bonds is 7. The number of hydrogen-bond acceptors (Lipinski definition) is 3. The van der Waals surface area contributed by atoms with Crippen LogP contribution in [0.25, 0.3) is 0 Å². The first-order chi connectivity index (χ1) is 13.4. The first kappa shape index (κ1) is 20.8. The lowest BCUT2D eigenvalue weighted by atomic mass is 9.64. The summed E-state index contributed by atoms with van der Waals surface area (Å²) in [6.45, 7) is 3.74. The van der Waals surface area contributed by atoms with Gasteiger partial charge in [0.2, 0.25) is 11.8 Å². The molecule has 0 bridgehead atoms. The Balaban J connectivity index is 1.63. The first-order valence-corrected chi connectivity index (χ1v) is 10.7. The zero-order valence-corrected chi connectivity index (χ0v) is 17.7. The largest absolute Gasteiger partial charge is 0.355 e. The van der Waals surface area contributed by atoms with Gasteiger partial charge in [-0.15, -0.1) is 0 Å². The molecule has 2 aliphatic rings. The molecule has 3 rings (SSSR count). The van der Waals surface area contributed by atoms with Gasteiger partial charge in [0.25, 0.3) is 0 Å². The van der Waals surface area contributed by atoms with Crippen LogP contribution in [0, 0.1) is 5.41 Å². The van der Waals surface area contributed by atoms with Gasteiger partial charge in [-0.1, -0.05) is 43.7 Å². The second-order valence-corrected chi connectivity index (χ2v) is 8.92. The maximum Gasteiger partial charge on any atom is 0.239 e. The number of amides is 2. The summed E-state index contributed by atoms with van der Waals surface area (Å²) in [5, 5.41) is 2.93. The summed E-state index contributed by atoms with van der Waals surface area (Å²) < 4.78 is 0. The number of unbranched alkanes of at least 4 members (excludes halogenated alkanes) is 1. The van der Waals surface area contributed by atoms with Crippen molar-refractivity contribution in [2.45, 2.75) is 57.4 Å². The van der Waals surface area contributed by atoms with E-state index in [1.165, 1.54) is 5.56 Å². The van der Waals surface area contributed by atoms with Crippen molar-refractivity contribution in [2.24, 2.45) is 5.41 Å². The van der Waals surface area contributed by atoms with Gasteiger partial charge in [0, 0.05) is 25.0 Å². The van der Waals surface area contributed by atoms with E-state index in [2.05, 4.69) is 61.6 Å². The number of nitrogens with one attached hydrogen (secondary N) is 1. The van der Waals surface area contributed by atoms with E-state index in [-0.39, 0.29) is 29.3 Å². The minimum atomic E-state index is -0.0263. The minimum Gasteiger partial charge on any atom is -0.355 e. The van der Waals surface area contributed by atoms with Gasteiger partial charge in [-0.2, -0.15) is 0 Å². The number of carbonyl (C=O) groups is 2. The summed E-state index contributed by atoms with van der Waals surface area (Å²) in [4.78, 5) is 28.9. The van der Waals surface area contributed by atoms with Crippen LogP contribution in [0.15, 0.2) is 30.3 Å². The van der Waals surface area contributed by atoms with Crippen LogP contribution in [0.4, 0.5) is 0 Å². The molecule has 1 aromatic rings. The van der Waals surface area contributed by atoms with Crippen LogP contribution in [-0.4, -0.2) is 55.3 Å². The Morgan fingerprint density at radius 1 is 1.14 bits per heavy atom. The van der Waals surface area contributed by atoms with Crippen LogP contribution in [-0.2, 0) is 15.1 Å². The lowest BCUT2D eigenvalue weighted by Gasteiger charge is -2.48. The van der Waals surface area contributed by atoms with E-state index in [0.717, 1.165) is 45.1 Å². The van der Waals surface area contributed by atoms with Crippen LogP contribution in [0.5, 0.6) is 0 Å². The van der Waals surface area contributed by atoms with Gasteiger partial charge in [0.1, 0.15) is 0 Å². The molecular weight excluding hydrogens is 350 g/mol. The normalized spacial score (nSPS) is 27.6. The summed E-state index contributed by atoms with van der Waals surface area (Å²) >= 11 is 0. The highest BCUT2D eigenvalue weighted by Crippen LogP contribution is 2.51. The number of hydrogen-bond donors (Lipinski definition) is 1. The van der Waals surface area contributed by atoms with Crippen molar-refractivity contribution < 1.29 is 9.59 Å². The van der Waals surface area contributed by atoms with E-state index in [1.54, 1.807) is 4.90 Å². The topological polar surface area (TPSA) is 52.7 Å². The predicted molar refractivity (Wildman–Crippen MR) is 112 cm³/mol. The van der Waals surface area contributed by atoms with Crippen molar-refractivity contribution in [1.82, 2.24) is 15.1 Å². The maximum absolute atomic E-state index is 12.6. The molecule has 1 aromatic carbocycles. The third kappa shape index (κ3) is 4.24. The molecule has 1 aliphatic heterocycles. The summed E-state index contributed by atoms with van der Waals surface area (Å²) in [6.07, 6.45) is 6.78. The molecule has 0 aromatic heterocycles. The molecule has 1 aliphatic carbocycles. The van der Waals surface area contributed by atoms with E-state index in [0.29, 0.717) is 13.0 Å². The van der Waals surface area contributed by atoms with E-state index in [4.69, 9.17) is 0 Å². The number of carbonyl (C=O) groups excluding carboxylic acids is 2. The van der Waals surface area contributed by atoms with Gasteiger partial charge in [-0.3, -0.25) is 14.5 Å². The van der Waals surface area contributed by atoms with Crippen molar-refractivity contribution in [3.8, 4) is 0 Å². The van der Waals surface area contributed by atoms with Crippen molar-refractivity contribution >= 4 is 11.8 Å². The average molecular weight is 386 g/mol. The molecule has 0 atom stereocenters. The zero-order valence-electron chi connectivity index (χ0n) is 17.7. The molecule has 5 nitrogen and oxygen atoms in total. The molecule has 2 fully saturated rings. The first-order valence-electron chi connectivity index (χ1n) is 10.7. The highest BCUT2D eigenvalue weighted by Gasteiger charge is 2.50. The average Bonchev–Trinajstić information content (AvgIpc) is 2.98. The van der Waals surface area contributed by atoms with Crippen molar-refractivity contribution in [2.75, 3.05) is 33.7 Å². The fourth-order valence-electron chi connectivity index (χ4n) is 5.03. The Morgan fingerprint density at radius 2 is 1.82 bits per heavy atom. The monoisotopic (exact) mass is 385 g/mol. The van der Waals surface area contributed by atoms with Crippen molar-refractivity contribution in [1.29, 1.82) is 0 Å². The van der Waals surface area contributed by atoms with E-state index in [1.807, 2.05) is 0 Å².